The zero-order chi connectivity index (χ0) is 16.9. The molecule has 1 atom stereocenters. The highest BCUT2D eigenvalue weighted by atomic mass is 16.5. The first-order valence-corrected chi connectivity index (χ1v) is 8.19. The van der Waals surface area contributed by atoms with E-state index in [0.717, 1.165) is 35.6 Å². The second-order valence-corrected chi connectivity index (χ2v) is 6.05. The minimum atomic E-state index is 0.0438. The summed E-state index contributed by atoms with van der Waals surface area (Å²) in [6, 6.07) is 1.91. The van der Waals surface area contributed by atoms with Crippen LogP contribution in [0.15, 0.2) is 23.1 Å². The summed E-state index contributed by atoms with van der Waals surface area (Å²) in [6.45, 7) is 5.52. The maximum atomic E-state index is 12.6. The summed E-state index contributed by atoms with van der Waals surface area (Å²) in [5, 5.41) is 3.91. The van der Waals surface area contributed by atoms with Crippen LogP contribution in [0.1, 0.15) is 29.1 Å². The lowest BCUT2D eigenvalue weighted by Crippen LogP contribution is -2.46. The minimum Gasteiger partial charge on any atom is -0.375 e. The Morgan fingerprint density at radius 2 is 2.29 bits per heavy atom. The molecule has 24 heavy (non-hydrogen) atoms. The van der Waals surface area contributed by atoms with E-state index in [1.165, 1.54) is 0 Å². The number of nitrogens with zero attached hydrogens (tertiary/aromatic N) is 4. The van der Waals surface area contributed by atoms with Crippen molar-refractivity contribution in [3.63, 3.8) is 0 Å². The lowest BCUT2D eigenvalue weighted by atomic mass is 10.1. The van der Waals surface area contributed by atoms with Crippen LogP contribution in [0.25, 0.3) is 0 Å². The van der Waals surface area contributed by atoms with Gasteiger partial charge in [-0.25, -0.2) is 9.97 Å². The van der Waals surface area contributed by atoms with Crippen molar-refractivity contribution >= 4 is 5.91 Å². The van der Waals surface area contributed by atoms with E-state index >= 15 is 0 Å². The first-order chi connectivity index (χ1) is 11.6. The Morgan fingerprint density at radius 1 is 1.42 bits per heavy atom. The summed E-state index contributed by atoms with van der Waals surface area (Å²) in [5.41, 5.74) is 2.67. The Morgan fingerprint density at radius 3 is 3.00 bits per heavy atom. The van der Waals surface area contributed by atoms with Crippen LogP contribution < -0.4 is 0 Å². The molecule has 2 aromatic rings. The fourth-order valence-electron chi connectivity index (χ4n) is 2.91. The summed E-state index contributed by atoms with van der Waals surface area (Å²) in [5.74, 6) is 0.814. The molecule has 1 aliphatic rings. The second-order valence-electron chi connectivity index (χ2n) is 6.05. The average molecular weight is 330 g/mol. The van der Waals surface area contributed by atoms with E-state index in [9.17, 15) is 4.79 Å². The predicted octanol–water partition coefficient (Wildman–Crippen LogP) is 1.48. The maximum Gasteiger partial charge on any atom is 0.227 e. The summed E-state index contributed by atoms with van der Waals surface area (Å²) >= 11 is 0. The first kappa shape index (κ1) is 16.6. The van der Waals surface area contributed by atoms with Gasteiger partial charge in [-0.3, -0.25) is 4.79 Å². The Kier molecular flexibility index (Phi) is 5.20. The Bertz CT molecular complexity index is 667. The molecule has 3 heterocycles. The molecule has 7 heteroatoms. The van der Waals surface area contributed by atoms with Crippen molar-refractivity contribution in [3.05, 3.63) is 41.3 Å². The average Bonchev–Trinajstić information content (AvgIpc) is 2.93. The molecule has 3 rings (SSSR count). The van der Waals surface area contributed by atoms with E-state index in [0.29, 0.717) is 26.1 Å². The number of hydrogen-bond acceptors (Lipinski definition) is 6. The van der Waals surface area contributed by atoms with Crippen LogP contribution >= 0.6 is 0 Å². The molecule has 7 nitrogen and oxygen atoms in total. The SMILES string of the molecule is Cc1noc(C)c1CC(=O)N1CCO[C@@H](CCc2ccncn2)C1. The van der Waals surface area contributed by atoms with Gasteiger partial charge in [-0.1, -0.05) is 5.16 Å². The molecule has 0 unspecified atom stereocenters. The number of hydrogen-bond donors (Lipinski definition) is 0. The van der Waals surface area contributed by atoms with Crippen molar-refractivity contribution in [3.8, 4) is 0 Å². The van der Waals surface area contributed by atoms with Crippen LogP contribution in [0, 0.1) is 13.8 Å². The lowest BCUT2D eigenvalue weighted by Gasteiger charge is -2.33. The smallest absolute Gasteiger partial charge is 0.227 e. The molecule has 128 valence electrons. The van der Waals surface area contributed by atoms with Gasteiger partial charge in [0.05, 0.1) is 24.8 Å². The molecule has 0 bridgehead atoms. The maximum absolute atomic E-state index is 12.6. The number of morpholine rings is 1. The van der Waals surface area contributed by atoms with E-state index in [-0.39, 0.29) is 12.0 Å². The third-order valence-corrected chi connectivity index (χ3v) is 4.37. The fourth-order valence-corrected chi connectivity index (χ4v) is 2.91. The summed E-state index contributed by atoms with van der Waals surface area (Å²) < 4.78 is 10.9. The van der Waals surface area contributed by atoms with Gasteiger partial charge in [-0.15, -0.1) is 0 Å². The van der Waals surface area contributed by atoms with Gasteiger partial charge in [0.25, 0.3) is 0 Å². The van der Waals surface area contributed by atoms with Crippen molar-refractivity contribution in [2.75, 3.05) is 19.7 Å². The number of ether oxygens (including phenoxy) is 1. The second kappa shape index (κ2) is 7.53. The number of carbonyl (C=O) groups is 1. The van der Waals surface area contributed by atoms with E-state index in [2.05, 4.69) is 15.1 Å². The first-order valence-electron chi connectivity index (χ1n) is 8.19. The monoisotopic (exact) mass is 330 g/mol. The minimum absolute atomic E-state index is 0.0438. The van der Waals surface area contributed by atoms with Crippen molar-refractivity contribution < 1.29 is 14.1 Å². The van der Waals surface area contributed by atoms with Crippen LogP contribution in [0.5, 0.6) is 0 Å². The number of rotatable bonds is 5. The van der Waals surface area contributed by atoms with E-state index in [1.54, 1.807) is 12.5 Å². The molecule has 1 amide bonds. The number of carbonyl (C=O) groups excluding carboxylic acids is 1. The highest BCUT2D eigenvalue weighted by molar-refractivity contribution is 5.79. The highest BCUT2D eigenvalue weighted by Crippen LogP contribution is 2.16. The molecule has 2 aromatic heterocycles. The molecule has 0 N–H and O–H groups in total. The third kappa shape index (κ3) is 3.97. The van der Waals surface area contributed by atoms with Crippen molar-refractivity contribution in [1.29, 1.82) is 0 Å². The molecular formula is C17H22N4O3. The van der Waals surface area contributed by atoms with Gasteiger partial charge in [0.15, 0.2) is 0 Å². The van der Waals surface area contributed by atoms with Gasteiger partial charge in [0, 0.05) is 30.5 Å². The van der Waals surface area contributed by atoms with Crippen molar-refractivity contribution in [1.82, 2.24) is 20.0 Å². The standard InChI is InChI=1S/C17H22N4O3/c1-12-16(13(2)24-20-12)9-17(22)21-7-8-23-15(10-21)4-3-14-5-6-18-11-19-14/h5-6,11,15H,3-4,7-10H2,1-2H3/t15-/m0/s1. The van der Waals surface area contributed by atoms with Gasteiger partial charge < -0.3 is 14.2 Å². The number of amides is 1. The van der Waals surface area contributed by atoms with Gasteiger partial charge in [-0.2, -0.15) is 0 Å². The Balaban J connectivity index is 1.54. The Hall–Kier alpha value is -2.28. The highest BCUT2D eigenvalue weighted by Gasteiger charge is 2.25. The number of aromatic nitrogens is 3. The van der Waals surface area contributed by atoms with Crippen LogP contribution in [0.2, 0.25) is 0 Å². The van der Waals surface area contributed by atoms with Crippen LogP contribution in [0.3, 0.4) is 0 Å². The fraction of sp³-hybridized carbons (Fsp3) is 0.529. The molecule has 0 saturated carbocycles. The van der Waals surface area contributed by atoms with Gasteiger partial charge in [0.1, 0.15) is 12.1 Å². The summed E-state index contributed by atoms with van der Waals surface area (Å²) in [4.78, 5) is 22.6. The molecular weight excluding hydrogens is 308 g/mol. The van der Waals surface area contributed by atoms with Crippen molar-refractivity contribution in [2.45, 2.75) is 39.2 Å². The van der Waals surface area contributed by atoms with E-state index in [4.69, 9.17) is 9.26 Å². The molecule has 0 aliphatic carbocycles. The molecule has 0 aromatic carbocycles. The molecule has 1 aliphatic heterocycles. The number of aryl methyl sites for hydroxylation is 3. The van der Waals surface area contributed by atoms with E-state index < -0.39 is 0 Å². The topological polar surface area (TPSA) is 81.4 Å². The largest absolute Gasteiger partial charge is 0.375 e. The molecule has 1 fully saturated rings. The summed E-state index contributed by atoms with van der Waals surface area (Å²) in [7, 11) is 0. The van der Waals surface area contributed by atoms with Gasteiger partial charge >= 0.3 is 0 Å². The Labute approximate surface area is 141 Å². The van der Waals surface area contributed by atoms with E-state index in [1.807, 2.05) is 24.8 Å². The summed E-state index contributed by atoms with van der Waals surface area (Å²) in [6.07, 6.45) is 5.33. The zero-order valence-electron chi connectivity index (χ0n) is 14.1. The predicted molar refractivity (Wildman–Crippen MR) is 86.4 cm³/mol. The lowest BCUT2D eigenvalue weighted by molar-refractivity contribution is -0.138. The van der Waals surface area contributed by atoms with Gasteiger partial charge in [-0.05, 0) is 32.8 Å². The zero-order valence-corrected chi connectivity index (χ0v) is 14.1. The third-order valence-electron chi connectivity index (χ3n) is 4.37. The molecule has 0 radical (unpaired) electrons. The van der Waals surface area contributed by atoms with Crippen LogP contribution in [0.4, 0.5) is 0 Å². The molecule has 1 saturated heterocycles. The molecule has 0 spiro atoms. The van der Waals surface area contributed by atoms with Crippen molar-refractivity contribution in [2.24, 2.45) is 0 Å². The van der Waals surface area contributed by atoms with Gasteiger partial charge in [0.2, 0.25) is 5.91 Å². The van der Waals surface area contributed by atoms with Crippen LogP contribution in [-0.2, 0) is 22.4 Å². The quantitative estimate of drug-likeness (QED) is 0.826. The normalized spacial score (nSPS) is 17.9. The van der Waals surface area contributed by atoms with Crippen LogP contribution in [-0.4, -0.2) is 51.7 Å².